The van der Waals surface area contributed by atoms with E-state index in [1.807, 2.05) is 10.6 Å². The Labute approximate surface area is 191 Å². The maximum Gasteiger partial charge on any atom is 0.491 e. The van der Waals surface area contributed by atoms with Crippen molar-refractivity contribution in [1.82, 2.24) is 9.55 Å². The van der Waals surface area contributed by atoms with Gasteiger partial charge in [0, 0.05) is 16.8 Å². The second kappa shape index (κ2) is 9.11. The Hall–Kier alpha value is -4.58. The molecule has 0 amide bonds. The van der Waals surface area contributed by atoms with Crippen LogP contribution in [0.15, 0.2) is 73.1 Å². The molecule has 170 valence electrons. The lowest BCUT2D eigenvalue weighted by molar-refractivity contribution is -0.193. The molecule has 0 aliphatic heterocycles. The lowest BCUT2D eigenvalue weighted by atomic mass is 9.94. The van der Waals surface area contributed by atoms with Gasteiger partial charge in [-0.3, -0.25) is 0 Å². The Morgan fingerprint density at radius 1 is 1.03 bits per heavy atom. The minimum Gasteiger partial charge on any atom is -0.399 e. The summed E-state index contributed by atoms with van der Waals surface area (Å²) in [4.78, 5) is 28.0. The zero-order valence-corrected chi connectivity index (χ0v) is 17.5. The van der Waals surface area contributed by atoms with E-state index in [2.05, 4.69) is 21.6 Å². The molecule has 0 bridgehead atoms. The van der Waals surface area contributed by atoms with Gasteiger partial charge in [-0.25, -0.2) is 14.6 Å². The molecule has 0 fully saturated rings. The highest BCUT2D eigenvalue weighted by Gasteiger charge is 2.42. The molecule has 0 aliphatic carbocycles. The number of carbonyl (C=O) groups excluding carboxylic acids is 2. The highest BCUT2D eigenvalue weighted by Crippen LogP contribution is 2.29. The minimum absolute atomic E-state index is 0.209. The number of hydrogen-bond acceptors (Lipinski definition) is 5. The highest BCUT2D eigenvalue weighted by atomic mass is 19.4. The number of anilines is 1. The van der Waals surface area contributed by atoms with Gasteiger partial charge in [-0.1, -0.05) is 48.2 Å². The number of nitrogen functional groups attached to an aromatic ring is 1. The second-order valence-corrected chi connectivity index (χ2v) is 7.19. The molecule has 4 rings (SSSR count). The van der Waals surface area contributed by atoms with Crippen molar-refractivity contribution in [3.63, 3.8) is 0 Å². The molecule has 0 saturated carbocycles. The van der Waals surface area contributed by atoms with Crippen molar-refractivity contribution in [2.45, 2.75) is 12.7 Å². The smallest absolute Gasteiger partial charge is 0.399 e. The van der Waals surface area contributed by atoms with Gasteiger partial charge in [0.25, 0.3) is 0 Å². The number of ether oxygens (including phenoxy) is 1. The zero-order chi connectivity index (χ0) is 24.3. The molecule has 0 spiro atoms. The first-order valence-electron chi connectivity index (χ1n) is 9.95. The van der Waals surface area contributed by atoms with Crippen LogP contribution in [-0.2, 0) is 16.1 Å². The number of imidazole rings is 1. The number of alkyl halides is 3. The molecule has 0 saturated heterocycles. The Morgan fingerprint density at radius 2 is 1.79 bits per heavy atom. The van der Waals surface area contributed by atoms with Gasteiger partial charge in [0.1, 0.15) is 0 Å². The maximum atomic E-state index is 12.6. The van der Waals surface area contributed by atoms with Crippen molar-refractivity contribution in [3.8, 4) is 23.0 Å². The molecule has 34 heavy (non-hydrogen) atoms. The van der Waals surface area contributed by atoms with Crippen LogP contribution < -0.4 is 5.73 Å². The second-order valence-electron chi connectivity index (χ2n) is 7.19. The number of hydrogen-bond donors (Lipinski definition) is 1. The molecule has 1 aromatic heterocycles. The van der Waals surface area contributed by atoms with Crippen LogP contribution in [0.3, 0.4) is 0 Å². The fourth-order valence-electron chi connectivity index (χ4n) is 3.37. The molecule has 9 heteroatoms. The summed E-state index contributed by atoms with van der Waals surface area (Å²) in [6, 6.07) is 18.2. The van der Waals surface area contributed by atoms with Crippen molar-refractivity contribution in [2.75, 3.05) is 5.73 Å². The highest BCUT2D eigenvalue weighted by molar-refractivity contribution is 6.04. The number of carbonyl (C=O) groups is 2. The molecular weight excluding hydrogens is 447 g/mol. The molecule has 0 radical (unpaired) electrons. The fourth-order valence-corrected chi connectivity index (χ4v) is 3.37. The summed E-state index contributed by atoms with van der Waals surface area (Å²) in [5.41, 5.74) is 8.87. The fraction of sp³-hybridized carbons (Fsp3) is 0.0800. The van der Waals surface area contributed by atoms with Crippen molar-refractivity contribution in [3.05, 3.63) is 84.2 Å². The SMILES string of the molecule is Nc1ccc2c(c1)ncn2CC#Cc1cccc(C(=O)OC(=O)C(F)(F)F)c1-c1ccccc1. The number of rotatable bonds is 3. The van der Waals surface area contributed by atoms with Crippen LogP contribution in [0.4, 0.5) is 18.9 Å². The van der Waals surface area contributed by atoms with E-state index >= 15 is 0 Å². The molecule has 1 heterocycles. The molecule has 6 nitrogen and oxygen atoms in total. The van der Waals surface area contributed by atoms with Crippen molar-refractivity contribution < 1.29 is 27.5 Å². The summed E-state index contributed by atoms with van der Waals surface area (Å²) >= 11 is 0. The first kappa shape index (κ1) is 22.6. The van der Waals surface area contributed by atoms with Crippen LogP contribution in [0.25, 0.3) is 22.2 Å². The van der Waals surface area contributed by atoms with Crippen LogP contribution in [0.5, 0.6) is 0 Å². The van der Waals surface area contributed by atoms with Gasteiger partial charge in [0.2, 0.25) is 0 Å². The normalized spacial score (nSPS) is 11.0. The Kier molecular flexibility index (Phi) is 6.06. The van der Waals surface area contributed by atoms with Gasteiger partial charge in [-0.15, -0.1) is 0 Å². The minimum atomic E-state index is -5.29. The lowest BCUT2D eigenvalue weighted by Gasteiger charge is -2.12. The average molecular weight is 463 g/mol. The number of halogens is 3. The summed E-state index contributed by atoms with van der Waals surface area (Å²) in [6.07, 6.45) is -3.67. The van der Waals surface area contributed by atoms with Gasteiger partial charge in [0.15, 0.2) is 0 Å². The molecular formula is C25H16F3N3O3. The predicted molar refractivity (Wildman–Crippen MR) is 119 cm³/mol. The number of nitrogens with zero attached hydrogens (tertiary/aromatic N) is 2. The third-order valence-electron chi connectivity index (χ3n) is 4.88. The number of benzene rings is 3. The van der Waals surface area contributed by atoms with Gasteiger partial charge >= 0.3 is 18.1 Å². The van der Waals surface area contributed by atoms with Crippen LogP contribution in [0, 0.1) is 11.8 Å². The molecule has 2 N–H and O–H groups in total. The maximum absolute atomic E-state index is 12.6. The van der Waals surface area contributed by atoms with Crippen LogP contribution in [0.1, 0.15) is 15.9 Å². The van der Waals surface area contributed by atoms with E-state index in [1.54, 1.807) is 54.9 Å². The summed E-state index contributed by atoms with van der Waals surface area (Å²) in [6.45, 7) is 0.260. The molecule has 3 aromatic carbocycles. The number of nitrogens with two attached hydrogens (primary N) is 1. The van der Waals surface area contributed by atoms with E-state index in [9.17, 15) is 22.8 Å². The molecule has 0 aliphatic rings. The van der Waals surface area contributed by atoms with E-state index in [-0.39, 0.29) is 17.7 Å². The van der Waals surface area contributed by atoms with Crippen LogP contribution in [-0.4, -0.2) is 27.7 Å². The standard InChI is InChI=1S/C25H16F3N3O3/c26-25(27,28)24(33)34-23(32)19-10-4-8-17(22(19)16-6-2-1-3-7-16)9-5-13-31-15-30-20-14-18(29)11-12-21(20)31/h1-4,6-8,10-12,14-15H,13,29H2. The Morgan fingerprint density at radius 3 is 2.53 bits per heavy atom. The summed E-state index contributed by atoms with van der Waals surface area (Å²) in [5.74, 6) is 1.96. The van der Waals surface area contributed by atoms with E-state index in [4.69, 9.17) is 5.73 Å². The number of esters is 2. The monoisotopic (exact) mass is 463 g/mol. The van der Waals surface area contributed by atoms with Gasteiger partial charge in [-0.2, -0.15) is 13.2 Å². The Bertz CT molecular complexity index is 1450. The van der Waals surface area contributed by atoms with Crippen LogP contribution >= 0.6 is 0 Å². The zero-order valence-electron chi connectivity index (χ0n) is 17.5. The Balaban J connectivity index is 1.71. The van der Waals surface area contributed by atoms with Crippen molar-refractivity contribution >= 4 is 28.7 Å². The first-order valence-corrected chi connectivity index (χ1v) is 9.95. The third-order valence-corrected chi connectivity index (χ3v) is 4.88. The summed E-state index contributed by atoms with van der Waals surface area (Å²) in [5, 5.41) is 0. The van der Waals surface area contributed by atoms with E-state index < -0.39 is 18.1 Å². The van der Waals surface area contributed by atoms with Gasteiger partial charge in [0.05, 0.1) is 29.5 Å². The molecule has 0 unspecified atom stereocenters. The average Bonchev–Trinajstić information content (AvgIpc) is 3.20. The summed E-state index contributed by atoms with van der Waals surface area (Å²) in [7, 11) is 0. The number of fused-ring (bicyclic) bond motifs is 1. The molecule has 4 aromatic rings. The largest absolute Gasteiger partial charge is 0.491 e. The number of aromatic nitrogens is 2. The van der Waals surface area contributed by atoms with E-state index in [0.29, 0.717) is 22.3 Å². The molecule has 0 atom stereocenters. The van der Waals surface area contributed by atoms with Crippen molar-refractivity contribution in [1.29, 1.82) is 0 Å². The summed E-state index contributed by atoms with van der Waals surface area (Å²) < 4.78 is 43.7. The topological polar surface area (TPSA) is 87.2 Å². The third kappa shape index (κ3) is 4.76. The van der Waals surface area contributed by atoms with E-state index in [0.717, 1.165) is 5.52 Å². The predicted octanol–water partition coefficient (Wildman–Crippen LogP) is 4.58. The lowest BCUT2D eigenvalue weighted by Crippen LogP contribution is -2.28. The van der Waals surface area contributed by atoms with Gasteiger partial charge < -0.3 is 15.0 Å². The quantitative estimate of drug-likeness (QED) is 0.208. The van der Waals surface area contributed by atoms with E-state index in [1.165, 1.54) is 12.1 Å². The first-order chi connectivity index (χ1) is 16.2. The van der Waals surface area contributed by atoms with Gasteiger partial charge in [-0.05, 0) is 35.9 Å². The van der Waals surface area contributed by atoms with Crippen molar-refractivity contribution in [2.24, 2.45) is 0 Å². The van der Waals surface area contributed by atoms with Crippen LogP contribution in [0.2, 0.25) is 0 Å².